The fraction of sp³-hybridized carbons (Fsp3) is 0.375. The largest absolute Gasteiger partial charge is 0.464 e. The van der Waals surface area contributed by atoms with Crippen LogP contribution in [0.5, 0.6) is 0 Å². The topological polar surface area (TPSA) is 58.6 Å². The number of esters is 1. The summed E-state index contributed by atoms with van der Waals surface area (Å²) in [5.41, 5.74) is 0.952. The highest BCUT2D eigenvalue weighted by Crippen LogP contribution is 2.08. The van der Waals surface area contributed by atoms with Crippen LogP contribution in [0.2, 0.25) is 0 Å². The maximum atomic E-state index is 12.3. The van der Waals surface area contributed by atoms with Gasteiger partial charge in [-0.05, 0) is 18.6 Å². The first-order valence-electron chi connectivity index (χ1n) is 7.13. The number of carbonyl (C=O) groups excluding carboxylic acids is 2. The normalized spacial score (nSPS) is 18.7. The van der Waals surface area contributed by atoms with E-state index in [-0.39, 0.29) is 11.9 Å². The summed E-state index contributed by atoms with van der Waals surface area (Å²) in [7, 11) is 0. The van der Waals surface area contributed by atoms with Gasteiger partial charge >= 0.3 is 5.97 Å². The smallest absolute Gasteiger partial charge is 0.330 e. The molecule has 1 saturated heterocycles. The van der Waals surface area contributed by atoms with Gasteiger partial charge in [-0.1, -0.05) is 30.3 Å². The number of nitrogens with zero attached hydrogens (tertiary/aromatic N) is 1. The number of hydrogen-bond donors (Lipinski definition) is 1. The van der Waals surface area contributed by atoms with Crippen molar-refractivity contribution < 1.29 is 14.3 Å². The fourth-order valence-electron chi connectivity index (χ4n) is 2.24. The molecule has 1 fully saturated rings. The summed E-state index contributed by atoms with van der Waals surface area (Å²) in [4.78, 5) is 25.8. The number of hydrogen-bond acceptors (Lipinski definition) is 4. The summed E-state index contributed by atoms with van der Waals surface area (Å²) in [6.45, 7) is 3.69. The Bertz CT molecular complexity index is 514. The van der Waals surface area contributed by atoms with Crippen LogP contribution in [0, 0.1) is 0 Å². The number of ether oxygens (including phenoxy) is 1. The van der Waals surface area contributed by atoms with Gasteiger partial charge in [-0.25, -0.2) is 4.79 Å². The van der Waals surface area contributed by atoms with Gasteiger partial charge in [0.25, 0.3) is 0 Å². The van der Waals surface area contributed by atoms with Gasteiger partial charge in [-0.15, -0.1) is 0 Å². The summed E-state index contributed by atoms with van der Waals surface area (Å²) in [6.07, 6.45) is 3.26. The Kier molecular flexibility index (Phi) is 5.51. The van der Waals surface area contributed by atoms with E-state index in [1.54, 1.807) is 17.9 Å². The average molecular weight is 288 g/mol. The lowest BCUT2D eigenvalue weighted by Gasteiger charge is -2.33. The van der Waals surface area contributed by atoms with E-state index in [2.05, 4.69) is 5.32 Å². The summed E-state index contributed by atoms with van der Waals surface area (Å²) in [5, 5.41) is 3.11. The van der Waals surface area contributed by atoms with Crippen LogP contribution in [-0.4, -0.2) is 49.1 Å². The molecule has 1 amide bonds. The van der Waals surface area contributed by atoms with Crippen LogP contribution in [-0.2, 0) is 14.3 Å². The van der Waals surface area contributed by atoms with Crippen LogP contribution < -0.4 is 5.32 Å². The summed E-state index contributed by atoms with van der Waals surface area (Å²) in [5.74, 6) is -0.524. The quantitative estimate of drug-likeness (QED) is 0.665. The fourth-order valence-corrected chi connectivity index (χ4v) is 2.24. The van der Waals surface area contributed by atoms with Gasteiger partial charge in [0, 0.05) is 25.7 Å². The Balaban J connectivity index is 2.05. The van der Waals surface area contributed by atoms with Gasteiger partial charge < -0.3 is 15.0 Å². The first-order chi connectivity index (χ1) is 10.2. The molecule has 0 aromatic heterocycles. The van der Waals surface area contributed by atoms with Crippen LogP contribution >= 0.6 is 0 Å². The van der Waals surface area contributed by atoms with Gasteiger partial charge in [-0.3, -0.25) is 4.79 Å². The number of nitrogens with one attached hydrogen (secondary N) is 1. The Morgan fingerprint density at radius 1 is 1.38 bits per heavy atom. The molecule has 5 nitrogen and oxygen atoms in total. The molecule has 2 rings (SSSR count). The van der Waals surface area contributed by atoms with Crippen molar-refractivity contribution in [2.45, 2.75) is 13.0 Å². The minimum atomic E-state index is -0.549. The number of piperazine rings is 1. The standard InChI is InChI=1S/C16H20N2O3/c1-2-21-16(20)14-12-17-10-11-18(14)15(19)9-8-13-6-4-3-5-7-13/h3-9,14,17H,2,10-12H2,1H3. The number of amides is 1. The predicted octanol–water partition coefficient (Wildman–Crippen LogP) is 1.06. The highest BCUT2D eigenvalue weighted by Gasteiger charge is 2.31. The third kappa shape index (κ3) is 4.16. The Morgan fingerprint density at radius 2 is 2.14 bits per heavy atom. The third-order valence-electron chi connectivity index (χ3n) is 3.30. The molecule has 0 bridgehead atoms. The van der Waals surface area contributed by atoms with E-state index in [1.165, 1.54) is 6.08 Å². The highest BCUT2D eigenvalue weighted by molar-refractivity contribution is 5.94. The molecule has 1 atom stereocenters. The molecule has 1 heterocycles. The second kappa shape index (κ2) is 7.59. The lowest BCUT2D eigenvalue weighted by Crippen LogP contribution is -2.57. The Labute approximate surface area is 124 Å². The third-order valence-corrected chi connectivity index (χ3v) is 3.30. The predicted molar refractivity (Wildman–Crippen MR) is 80.5 cm³/mol. The maximum absolute atomic E-state index is 12.3. The average Bonchev–Trinajstić information content (AvgIpc) is 2.54. The molecule has 0 spiro atoms. The number of benzene rings is 1. The van der Waals surface area contributed by atoms with Crippen molar-refractivity contribution in [3.63, 3.8) is 0 Å². The zero-order valence-electron chi connectivity index (χ0n) is 12.1. The molecule has 112 valence electrons. The molecule has 1 aromatic carbocycles. The van der Waals surface area contributed by atoms with Crippen molar-refractivity contribution in [1.29, 1.82) is 0 Å². The van der Waals surface area contributed by atoms with Crippen LogP contribution in [0.1, 0.15) is 12.5 Å². The van der Waals surface area contributed by atoms with E-state index < -0.39 is 6.04 Å². The molecule has 1 aliphatic rings. The van der Waals surface area contributed by atoms with Gasteiger partial charge in [0.1, 0.15) is 6.04 Å². The number of rotatable bonds is 4. The second-order valence-electron chi connectivity index (χ2n) is 4.75. The van der Waals surface area contributed by atoms with E-state index in [0.29, 0.717) is 26.2 Å². The summed E-state index contributed by atoms with van der Waals surface area (Å²) >= 11 is 0. The van der Waals surface area contributed by atoms with E-state index >= 15 is 0 Å². The number of carbonyl (C=O) groups is 2. The SMILES string of the molecule is CCOC(=O)C1CNCCN1C(=O)C=Cc1ccccc1. The first kappa shape index (κ1) is 15.3. The van der Waals surface area contributed by atoms with Gasteiger partial charge in [0.05, 0.1) is 6.61 Å². The molecule has 1 aliphatic heterocycles. The highest BCUT2D eigenvalue weighted by atomic mass is 16.5. The van der Waals surface area contributed by atoms with Crippen LogP contribution in [0.15, 0.2) is 36.4 Å². The molecule has 21 heavy (non-hydrogen) atoms. The molecular weight excluding hydrogens is 268 g/mol. The Hall–Kier alpha value is -2.14. The lowest BCUT2D eigenvalue weighted by molar-refractivity contribution is -0.154. The zero-order chi connectivity index (χ0) is 15.1. The lowest BCUT2D eigenvalue weighted by atomic mass is 10.1. The molecule has 1 N–H and O–H groups in total. The summed E-state index contributed by atoms with van der Waals surface area (Å²) in [6, 6.07) is 9.04. The molecule has 0 saturated carbocycles. The molecule has 0 radical (unpaired) electrons. The summed E-state index contributed by atoms with van der Waals surface area (Å²) < 4.78 is 5.03. The van der Waals surface area contributed by atoms with Crippen molar-refractivity contribution in [2.75, 3.05) is 26.2 Å². The van der Waals surface area contributed by atoms with E-state index in [9.17, 15) is 9.59 Å². The minimum absolute atomic E-state index is 0.168. The van der Waals surface area contributed by atoms with E-state index in [4.69, 9.17) is 4.74 Å². The molecule has 1 aromatic rings. The monoisotopic (exact) mass is 288 g/mol. The van der Waals surface area contributed by atoms with Crippen molar-refractivity contribution in [3.05, 3.63) is 42.0 Å². The van der Waals surface area contributed by atoms with Crippen molar-refractivity contribution in [3.8, 4) is 0 Å². The molecular formula is C16H20N2O3. The van der Waals surface area contributed by atoms with E-state index in [1.807, 2.05) is 30.3 Å². The second-order valence-corrected chi connectivity index (χ2v) is 4.75. The van der Waals surface area contributed by atoms with Gasteiger partial charge in [0.2, 0.25) is 5.91 Å². The van der Waals surface area contributed by atoms with Crippen molar-refractivity contribution in [1.82, 2.24) is 10.2 Å². The first-order valence-corrected chi connectivity index (χ1v) is 7.13. The van der Waals surface area contributed by atoms with Gasteiger partial charge in [-0.2, -0.15) is 0 Å². The van der Waals surface area contributed by atoms with E-state index in [0.717, 1.165) is 5.56 Å². The minimum Gasteiger partial charge on any atom is -0.464 e. The maximum Gasteiger partial charge on any atom is 0.330 e. The van der Waals surface area contributed by atoms with Crippen molar-refractivity contribution >= 4 is 18.0 Å². The Morgan fingerprint density at radius 3 is 2.86 bits per heavy atom. The van der Waals surface area contributed by atoms with Gasteiger partial charge in [0.15, 0.2) is 0 Å². The van der Waals surface area contributed by atoms with Crippen LogP contribution in [0.25, 0.3) is 6.08 Å². The van der Waals surface area contributed by atoms with Crippen LogP contribution in [0.3, 0.4) is 0 Å². The molecule has 5 heteroatoms. The molecule has 0 aliphatic carbocycles. The van der Waals surface area contributed by atoms with Crippen LogP contribution in [0.4, 0.5) is 0 Å². The zero-order valence-corrected chi connectivity index (χ0v) is 12.1. The van der Waals surface area contributed by atoms with Crippen molar-refractivity contribution in [2.24, 2.45) is 0 Å². The molecule has 1 unspecified atom stereocenters.